The summed E-state index contributed by atoms with van der Waals surface area (Å²) in [5.41, 5.74) is 0.845. The lowest BCUT2D eigenvalue weighted by Crippen LogP contribution is -2.45. The zero-order valence-electron chi connectivity index (χ0n) is 20.7. The van der Waals surface area contributed by atoms with E-state index in [9.17, 15) is 28.8 Å². The molecule has 1 fully saturated rings. The normalized spacial score (nSPS) is 12.9. The van der Waals surface area contributed by atoms with Gasteiger partial charge in [0.2, 0.25) is 35.4 Å². The fourth-order valence-electron chi connectivity index (χ4n) is 3.08. The summed E-state index contributed by atoms with van der Waals surface area (Å²) in [6.45, 7) is 7.74. The molecule has 35 heavy (non-hydrogen) atoms. The zero-order chi connectivity index (χ0) is 26.2. The molecule has 0 aromatic heterocycles. The summed E-state index contributed by atoms with van der Waals surface area (Å²) >= 11 is 0. The molecule has 0 saturated carbocycles. The van der Waals surface area contributed by atoms with Gasteiger partial charge in [-0.1, -0.05) is 26.8 Å². The Morgan fingerprint density at radius 1 is 0.743 bits per heavy atom. The highest BCUT2D eigenvalue weighted by Gasteiger charge is 2.23. The number of carbonyl (C=O) groups is 6. The molecule has 0 atom stereocenters. The second kappa shape index (κ2) is 16.2. The number of hydrogen-bond donors (Lipinski definition) is 5. The van der Waals surface area contributed by atoms with Gasteiger partial charge in [0.25, 0.3) is 0 Å². The average Bonchev–Trinajstić information content (AvgIpc) is 3.14. The van der Waals surface area contributed by atoms with Gasteiger partial charge in [0.05, 0.1) is 26.2 Å². The van der Waals surface area contributed by atoms with Crippen LogP contribution in [0.4, 0.5) is 0 Å². The molecule has 5 N–H and O–H groups in total. The Hall–Kier alpha value is -3.44. The second-order valence-corrected chi connectivity index (χ2v) is 8.73. The van der Waals surface area contributed by atoms with Crippen LogP contribution in [-0.2, 0) is 28.8 Å². The maximum Gasteiger partial charge on any atom is 0.239 e. The molecule has 0 aromatic rings. The summed E-state index contributed by atoms with van der Waals surface area (Å²) in [5.74, 6) is -1.86. The summed E-state index contributed by atoms with van der Waals surface area (Å²) in [7, 11) is 0. The third-order valence-electron chi connectivity index (χ3n) is 5.09. The Labute approximate surface area is 206 Å². The first-order valence-corrected chi connectivity index (χ1v) is 11.9. The minimum Gasteiger partial charge on any atom is -0.354 e. The van der Waals surface area contributed by atoms with E-state index in [1.54, 1.807) is 4.90 Å². The van der Waals surface area contributed by atoms with Crippen molar-refractivity contribution in [1.29, 1.82) is 0 Å². The highest BCUT2D eigenvalue weighted by molar-refractivity contribution is 5.91. The average molecular weight is 495 g/mol. The number of hydrogen-bond acceptors (Lipinski definition) is 6. The Kier molecular flexibility index (Phi) is 13.7. The molecule has 6 amide bonds. The number of likely N-dealkylation sites (tertiary alicyclic amines) is 1. The Bertz CT molecular complexity index is 781. The molecule has 12 heteroatoms. The Balaban J connectivity index is 2.04. The van der Waals surface area contributed by atoms with Gasteiger partial charge in [0.1, 0.15) is 0 Å². The van der Waals surface area contributed by atoms with Crippen molar-refractivity contribution in [2.75, 3.05) is 39.3 Å². The van der Waals surface area contributed by atoms with E-state index in [2.05, 4.69) is 33.2 Å². The maximum atomic E-state index is 11.8. The van der Waals surface area contributed by atoms with Gasteiger partial charge in [0.15, 0.2) is 0 Å². The molecule has 196 valence electrons. The minimum atomic E-state index is -0.580. The molecule has 1 heterocycles. The van der Waals surface area contributed by atoms with Gasteiger partial charge in [0, 0.05) is 31.6 Å². The van der Waals surface area contributed by atoms with Gasteiger partial charge in [-0.15, -0.1) is 0 Å². The first-order valence-electron chi connectivity index (χ1n) is 11.9. The summed E-state index contributed by atoms with van der Waals surface area (Å²) in [4.78, 5) is 71.9. The minimum absolute atomic E-state index is 0.0947. The van der Waals surface area contributed by atoms with E-state index < -0.39 is 17.7 Å². The molecule has 1 aliphatic heterocycles. The van der Waals surface area contributed by atoms with Crippen LogP contribution in [0, 0.1) is 5.92 Å². The molecule has 1 aliphatic rings. The van der Waals surface area contributed by atoms with Crippen LogP contribution in [-0.4, -0.2) is 79.6 Å². The predicted molar refractivity (Wildman–Crippen MR) is 128 cm³/mol. The van der Waals surface area contributed by atoms with E-state index in [0.29, 0.717) is 38.3 Å². The lowest BCUT2D eigenvalue weighted by Gasteiger charge is -2.16. The Morgan fingerprint density at radius 3 is 1.69 bits per heavy atom. The lowest BCUT2D eigenvalue weighted by molar-refractivity contribution is -0.129. The van der Waals surface area contributed by atoms with Crippen LogP contribution in [0.15, 0.2) is 12.3 Å². The number of nitrogens with one attached hydrogen (secondary N) is 5. The van der Waals surface area contributed by atoms with Gasteiger partial charge in [-0.3, -0.25) is 28.8 Å². The molecule has 0 aliphatic carbocycles. The zero-order valence-corrected chi connectivity index (χ0v) is 20.7. The number of rotatable bonds is 16. The topological polar surface area (TPSA) is 166 Å². The second-order valence-electron chi connectivity index (χ2n) is 8.73. The largest absolute Gasteiger partial charge is 0.354 e. The van der Waals surface area contributed by atoms with Gasteiger partial charge < -0.3 is 31.5 Å². The highest BCUT2D eigenvalue weighted by Crippen LogP contribution is 2.21. The molecule has 0 aromatic carbocycles. The number of unbranched alkanes of at least 4 members (excludes halogenated alkanes) is 2. The fourth-order valence-corrected chi connectivity index (χ4v) is 3.08. The molecule has 0 bridgehead atoms. The predicted octanol–water partition coefficient (Wildman–Crippen LogP) is -1.08. The van der Waals surface area contributed by atoms with Crippen LogP contribution in [0.5, 0.6) is 0 Å². The van der Waals surface area contributed by atoms with Crippen LogP contribution < -0.4 is 26.6 Å². The van der Waals surface area contributed by atoms with Crippen LogP contribution in [0.1, 0.15) is 52.4 Å². The first kappa shape index (κ1) is 29.6. The summed E-state index contributed by atoms with van der Waals surface area (Å²) in [5, 5.41) is 12.2. The molecular weight excluding hydrogens is 456 g/mol. The molecular formula is C23H38N6O6. The van der Waals surface area contributed by atoms with Crippen molar-refractivity contribution in [2.24, 2.45) is 5.92 Å². The van der Waals surface area contributed by atoms with E-state index in [1.807, 2.05) is 13.8 Å². The summed E-state index contributed by atoms with van der Waals surface area (Å²) in [6, 6.07) is 0. The van der Waals surface area contributed by atoms with Crippen molar-refractivity contribution >= 4 is 35.4 Å². The van der Waals surface area contributed by atoms with Crippen molar-refractivity contribution in [3.05, 3.63) is 12.3 Å². The van der Waals surface area contributed by atoms with Crippen molar-refractivity contribution in [1.82, 2.24) is 31.5 Å². The lowest BCUT2D eigenvalue weighted by atomic mass is 10.2. The van der Waals surface area contributed by atoms with Crippen molar-refractivity contribution in [2.45, 2.75) is 52.4 Å². The molecule has 1 rings (SSSR count). The number of allylic oxidation sites excluding steroid dienone is 1. The van der Waals surface area contributed by atoms with Crippen molar-refractivity contribution in [3.8, 4) is 0 Å². The van der Waals surface area contributed by atoms with Gasteiger partial charge in [-0.25, -0.2) is 0 Å². The molecule has 0 unspecified atom stereocenters. The fraction of sp³-hybridized carbons (Fsp3) is 0.652. The summed E-state index contributed by atoms with van der Waals surface area (Å²) < 4.78 is 0. The Morgan fingerprint density at radius 2 is 1.23 bits per heavy atom. The van der Waals surface area contributed by atoms with E-state index in [1.165, 1.54) is 0 Å². The number of amides is 6. The first-order chi connectivity index (χ1) is 16.6. The number of carbonyl (C=O) groups excluding carboxylic acids is 6. The van der Waals surface area contributed by atoms with E-state index >= 15 is 0 Å². The van der Waals surface area contributed by atoms with E-state index in [-0.39, 0.29) is 50.3 Å². The van der Waals surface area contributed by atoms with Crippen molar-refractivity contribution in [3.63, 3.8) is 0 Å². The molecule has 0 radical (unpaired) electrons. The van der Waals surface area contributed by atoms with Crippen LogP contribution in [0.3, 0.4) is 0 Å². The van der Waals surface area contributed by atoms with Crippen LogP contribution in [0.25, 0.3) is 0 Å². The number of nitrogens with zero attached hydrogens (tertiary/aromatic N) is 1. The van der Waals surface area contributed by atoms with Crippen LogP contribution in [0.2, 0.25) is 0 Å². The standard InChI is InChI=1S/C23H38N6O6/c1-16(2)11-24-19(31)13-26-21(33)15-28-22(34)14-27-20(32)12-25-18(30)7-5-4-6-10-29-17(3)8-9-23(29)35/h16H,3-15H2,1-2H3,(H,24,31)(H,25,30)(H,26,33)(H,27,32)(H,28,34). The SMILES string of the molecule is C=C1CCC(=O)N1CCCCCC(=O)NCC(=O)NCC(=O)NCC(=O)NCC(=O)NCC(C)C. The van der Waals surface area contributed by atoms with E-state index in [0.717, 1.165) is 18.5 Å². The smallest absolute Gasteiger partial charge is 0.239 e. The van der Waals surface area contributed by atoms with Gasteiger partial charge in [-0.05, 0) is 25.2 Å². The van der Waals surface area contributed by atoms with Gasteiger partial charge in [-0.2, -0.15) is 0 Å². The molecule has 1 saturated heterocycles. The van der Waals surface area contributed by atoms with Gasteiger partial charge >= 0.3 is 0 Å². The highest BCUT2D eigenvalue weighted by atomic mass is 16.2. The summed E-state index contributed by atoms with van der Waals surface area (Å²) in [6.07, 6.45) is 3.65. The van der Waals surface area contributed by atoms with Crippen molar-refractivity contribution < 1.29 is 28.8 Å². The molecule has 0 spiro atoms. The third kappa shape index (κ3) is 13.8. The monoisotopic (exact) mass is 494 g/mol. The quantitative estimate of drug-likeness (QED) is 0.171. The third-order valence-corrected chi connectivity index (χ3v) is 5.09. The van der Waals surface area contributed by atoms with E-state index in [4.69, 9.17) is 0 Å². The van der Waals surface area contributed by atoms with Crippen LogP contribution >= 0.6 is 0 Å². The maximum absolute atomic E-state index is 11.8. The molecule has 12 nitrogen and oxygen atoms in total.